The second-order valence-electron chi connectivity index (χ2n) is 4.99. The summed E-state index contributed by atoms with van der Waals surface area (Å²) in [6, 6.07) is 14.6. The zero-order valence-corrected chi connectivity index (χ0v) is 11.7. The zero-order valence-electron chi connectivity index (χ0n) is 10.9. The molecule has 4 nitrogen and oxygen atoms in total. The quantitative estimate of drug-likeness (QED) is 0.844. The molecule has 5 heteroatoms. The number of anilines is 1. The van der Waals surface area contributed by atoms with Crippen LogP contribution >= 0.6 is 0 Å². The van der Waals surface area contributed by atoms with Gasteiger partial charge in [-0.25, -0.2) is 13.1 Å². The van der Waals surface area contributed by atoms with Gasteiger partial charge in [0.2, 0.25) is 10.0 Å². The zero-order chi connectivity index (χ0) is 14.2. The van der Waals surface area contributed by atoms with Crippen molar-refractivity contribution < 1.29 is 8.42 Å². The van der Waals surface area contributed by atoms with Gasteiger partial charge in [-0.1, -0.05) is 36.4 Å². The first-order chi connectivity index (χ1) is 9.58. The third kappa shape index (κ3) is 2.30. The van der Waals surface area contributed by atoms with E-state index in [0.29, 0.717) is 6.54 Å². The number of para-hydroxylation sites is 1. The third-order valence-corrected chi connectivity index (χ3v) is 5.19. The largest absolute Gasteiger partial charge is 0.398 e. The molecule has 0 saturated carbocycles. The number of nitrogen functional groups attached to an aromatic ring is 1. The molecular formula is C15H16N2O2S. The standard InChI is InChI=1S/C15H16N2O2S/c16-14-7-3-4-8-15(14)20(18,19)17-10-12-9-11-5-1-2-6-13(11)12/h1-8,12,17H,9-10,16H2. The van der Waals surface area contributed by atoms with E-state index in [-0.39, 0.29) is 16.5 Å². The molecule has 0 aromatic heterocycles. The van der Waals surface area contributed by atoms with Crippen LogP contribution in [-0.4, -0.2) is 15.0 Å². The number of sulfonamides is 1. The van der Waals surface area contributed by atoms with Crippen molar-refractivity contribution in [3.63, 3.8) is 0 Å². The van der Waals surface area contributed by atoms with Crippen LogP contribution in [0.15, 0.2) is 53.4 Å². The van der Waals surface area contributed by atoms with E-state index < -0.39 is 10.0 Å². The van der Waals surface area contributed by atoms with Crippen LogP contribution in [0.5, 0.6) is 0 Å². The minimum Gasteiger partial charge on any atom is -0.398 e. The van der Waals surface area contributed by atoms with E-state index in [1.54, 1.807) is 18.2 Å². The molecular weight excluding hydrogens is 272 g/mol. The second kappa shape index (κ2) is 4.92. The number of nitrogens with one attached hydrogen (secondary N) is 1. The first kappa shape index (κ1) is 13.1. The van der Waals surface area contributed by atoms with Crippen molar-refractivity contribution in [1.82, 2.24) is 4.72 Å². The summed E-state index contributed by atoms with van der Waals surface area (Å²) >= 11 is 0. The predicted molar refractivity (Wildman–Crippen MR) is 78.9 cm³/mol. The molecule has 0 spiro atoms. The van der Waals surface area contributed by atoms with E-state index in [1.807, 2.05) is 12.1 Å². The van der Waals surface area contributed by atoms with E-state index in [0.717, 1.165) is 6.42 Å². The Morgan fingerprint density at radius 1 is 1.10 bits per heavy atom. The van der Waals surface area contributed by atoms with Gasteiger partial charge in [-0.05, 0) is 29.7 Å². The number of rotatable bonds is 4. The summed E-state index contributed by atoms with van der Waals surface area (Å²) in [5.41, 5.74) is 8.52. The Labute approximate surface area is 118 Å². The fourth-order valence-electron chi connectivity index (χ4n) is 2.56. The summed E-state index contributed by atoms with van der Waals surface area (Å²) in [7, 11) is -3.54. The molecule has 0 amide bonds. The van der Waals surface area contributed by atoms with Crippen LogP contribution in [0.1, 0.15) is 17.0 Å². The summed E-state index contributed by atoms with van der Waals surface area (Å²) in [5, 5.41) is 0. The van der Waals surface area contributed by atoms with Gasteiger partial charge in [-0.3, -0.25) is 0 Å². The minimum atomic E-state index is -3.54. The van der Waals surface area contributed by atoms with Gasteiger partial charge in [0, 0.05) is 12.5 Å². The summed E-state index contributed by atoms with van der Waals surface area (Å²) in [4.78, 5) is 0.146. The lowest BCUT2D eigenvalue weighted by molar-refractivity contribution is 0.552. The average Bonchev–Trinajstić information content (AvgIpc) is 2.40. The van der Waals surface area contributed by atoms with E-state index >= 15 is 0 Å². The number of nitrogens with two attached hydrogens (primary N) is 1. The van der Waals surface area contributed by atoms with Crippen LogP contribution in [-0.2, 0) is 16.4 Å². The van der Waals surface area contributed by atoms with Crippen LogP contribution < -0.4 is 10.5 Å². The Kier molecular flexibility index (Phi) is 3.23. The molecule has 20 heavy (non-hydrogen) atoms. The molecule has 1 unspecified atom stereocenters. The molecule has 2 aromatic rings. The molecule has 0 heterocycles. The molecule has 0 saturated heterocycles. The number of hydrogen-bond donors (Lipinski definition) is 2. The lowest BCUT2D eigenvalue weighted by Gasteiger charge is -2.30. The van der Waals surface area contributed by atoms with E-state index in [2.05, 4.69) is 16.9 Å². The van der Waals surface area contributed by atoms with Crippen molar-refractivity contribution in [2.45, 2.75) is 17.2 Å². The Hall–Kier alpha value is -1.85. The van der Waals surface area contributed by atoms with Crippen LogP contribution in [0.2, 0.25) is 0 Å². The van der Waals surface area contributed by atoms with Gasteiger partial charge < -0.3 is 5.73 Å². The highest BCUT2D eigenvalue weighted by Gasteiger charge is 2.27. The van der Waals surface area contributed by atoms with E-state index in [9.17, 15) is 8.42 Å². The highest BCUT2D eigenvalue weighted by molar-refractivity contribution is 7.89. The van der Waals surface area contributed by atoms with E-state index in [4.69, 9.17) is 5.73 Å². The predicted octanol–water partition coefficient (Wildman–Crippen LogP) is 1.89. The van der Waals surface area contributed by atoms with Crippen molar-refractivity contribution in [2.75, 3.05) is 12.3 Å². The van der Waals surface area contributed by atoms with Crippen molar-refractivity contribution in [3.05, 3.63) is 59.7 Å². The van der Waals surface area contributed by atoms with Gasteiger partial charge in [0.05, 0.1) is 5.69 Å². The number of benzene rings is 2. The molecule has 0 aliphatic heterocycles. The molecule has 1 aliphatic carbocycles. The maximum atomic E-state index is 12.2. The number of hydrogen-bond acceptors (Lipinski definition) is 3. The Morgan fingerprint density at radius 2 is 1.80 bits per heavy atom. The van der Waals surface area contributed by atoms with Gasteiger partial charge >= 0.3 is 0 Å². The lowest BCUT2D eigenvalue weighted by Crippen LogP contribution is -2.33. The van der Waals surface area contributed by atoms with Gasteiger partial charge in [0.25, 0.3) is 0 Å². The maximum absolute atomic E-state index is 12.2. The van der Waals surface area contributed by atoms with Gasteiger partial charge in [0.1, 0.15) is 4.90 Å². The molecule has 3 N–H and O–H groups in total. The molecule has 0 fully saturated rings. The van der Waals surface area contributed by atoms with Crippen LogP contribution in [0.25, 0.3) is 0 Å². The highest BCUT2D eigenvalue weighted by Crippen LogP contribution is 2.34. The minimum absolute atomic E-state index is 0.146. The monoisotopic (exact) mass is 288 g/mol. The summed E-state index contributed by atoms with van der Waals surface area (Å²) in [6.07, 6.45) is 0.920. The Bertz CT molecular complexity index is 741. The van der Waals surface area contributed by atoms with Crippen molar-refractivity contribution in [3.8, 4) is 0 Å². The second-order valence-corrected chi connectivity index (χ2v) is 6.72. The van der Waals surface area contributed by atoms with Gasteiger partial charge in [-0.15, -0.1) is 0 Å². The molecule has 3 rings (SSSR count). The summed E-state index contributed by atoms with van der Waals surface area (Å²) in [5.74, 6) is 0.255. The fraction of sp³-hybridized carbons (Fsp3) is 0.200. The first-order valence-electron chi connectivity index (χ1n) is 6.50. The topological polar surface area (TPSA) is 72.2 Å². The van der Waals surface area contributed by atoms with Crippen LogP contribution in [0.4, 0.5) is 5.69 Å². The normalized spacial score (nSPS) is 17.3. The molecule has 1 aliphatic rings. The summed E-state index contributed by atoms with van der Waals surface area (Å²) in [6.45, 7) is 0.410. The van der Waals surface area contributed by atoms with Gasteiger partial charge in [-0.2, -0.15) is 0 Å². The maximum Gasteiger partial charge on any atom is 0.242 e. The molecule has 0 radical (unpaired) electrons. The van der Waals surface area contributed by atoms with Crippen molar-refractivity contribution in [2.24, 2.45) is 0 Å². The van der Waals surface area contributed by atoms with Gasteiger partial charge in [0.15, 0.2) is 0 Å². The number of fused-ring (bicyclic) bond motifs is 1. The first-order valence-corrected chi connectivity index (χ1v) is 7.98. The van der Waals surface area contributed by atoms with Crippen LogP contribution in [0.3, 0.4) is 0 Å². The SMILES string of the molecule is Nc1ccccc1S(=O)(=O)NCC1Cc2ccccc21. The third-order valence-electron chi connectivity index (χ3n) is 3.69. The Morgan fingerprint density at radius 3 is 2.55 bits per heavy atom. The molecule has 2 aromatic carbocycles. The molecule has 0 bridgehead atoms. The smallest absolute Gasteiger partial charge is 0.242 e. The Balaban J connectivity index is 1.72. The summed E-state index contributed by atoms with van der Waals surface area (Å²) < 4.78 is 27.1. The van der Waals surface area contributed by atoms with Crippen molar-refractivity contribution >= 4 is 15.7 Å². The molecule has 1 atom stereocenters. The molecule has 104 valence electrons. The average molecular weight is 288 g/mol. The van der Waals surface area contributed by atoms with Crippen molar-refractivity contribution in [1.29, 1.82) is 0 Å². The fourth-order valence-corrected chi connectivity index (χ4v) is 3.77. The highest BCUT2D eigenvalue weighted by atomic mass is 32.2. The van der Waals surface area contributed by atoms with Crippen LogP contribution in [0, 0.1) is 0 Å². The lowest BCUT2D eigenvalue weighted by atomic mass is 9.78. The van der Waals surface area contributed by atoms with E-state index in [1.165, 1.54) is 17.2 Å².